The van der Waals surface area contributed by atoms with Gasteiger partial charge < -0.3 is 5.32 Å². The lowest BCUT2D eigenvalue weighted by Crippen LogP contribution is -2.36. The van der Waals surface area contributed by atoms with Gasteiger partial charge in [0.1, 0.15) is 16.4 Å². The Bertz CT molecular complexity index is 744. The van der Waals surface area contributed by atoms with Crippen LogP contribution in [0.2, 0.25) is 0 Å². The van der Waals surface area contributed by atoms with Gasteiger partial charge in [-0.3, -0.25) is 0 Å². The minimum absolute atomic E-state index is 0. The predicted molar refractivity (Wildman–Crippen MR) is 82.4 cm³/mol. The van der Waals surface area contributed by atoms with E-state index in [0.29, 0.717) is 6.54 Å². The number of halogens is 2. The van der Waals surface area contributed by atoms with E-state index >= 15 is 0 Å². The highest BCUT2D eigenvalue weighted by molar-refractivity contribution is 7.89. The molecule has 6 nitrogen and oxygen atoms in total. The SMILES string of the molecule is Cl.O=S(=O)(NC1CCNC1)c1cnn(-c2ccccc2F)c1. The molecule has 1 aliphatic heterocycles. The van der Waals surface area contributed by atoms with Crippen molar-refractivity contribution in [1.29, 1.82) is 0 Å². The molecule has 9 heteroatoms. The highest BCUT2D eigenvalue weighted by atomic mass is 35.5. The molecule has 0 spiro atoms. The molecular formula is C13H16ClFN4O2S. The van der Waals surface area contributed by atoms with Crippen molar-refractivity contribution in [3.05, 3.63) is 42.5 Å². The van der Waals surface area contributed by atoms with Gasteiger partial charge in [0.05, 0.1) is 12.4 Å². The Balaban J connectivity index is 0.00000176. The van der Waals surface area contributed by atoms with Crippen LogP contribution in [0.3, 0.4) is 0 Å². The Morgan fingerprint density at radius 3 is 2.82 bits per heavy atom. The molecular weight excluding hydrogens is 331 g/mol. The summed E-state index contributed by atoms with van der Waals surface area (Å²) in [5.41, 5.74) is 0.210. The van der Waals surface area contributed by atoms with Gasteiger partial charge in [-0.1, -0.05) is 12.1 Å². The molecule has 2 N–H and O–H groups in total. The minimum atomic E-state index is -3.64. The monoisotopic (exact) mass is 346 g/mol. The number of rotatable bonds is 4. The fraction of sp³-hybridized carbons (Fsp3) is 0.308. The fourth-order valence-electron chi connectivity index (χ4n) is 2.26. The molecule has 22 heavy (non-hydrogen) atoms. The van der Waals surface area contributed by atoms with Gasteiger partial charge in [0, 0.05) is 12.6 Å². The first-order valence-corrected chi connectivity index (χ1v) is 8.07. The van der Waals surface area contributed by atoms with E-state index in [0.717, 1.165) is 13.0 Å². The second kappa shape index (κ2) is 6.74. The van der Waals surface area contributed by atoms with Crippen LogP contribution in [0, 0.1) is 5.82 Å². The van der Waals surface area contributed by atoms with Crippen LogP contribution in [0.25, 0.3) is 5.69 Å². The number of aromatic nitrogens is 2. The van der Waals surface area contributed by atoms with Gasteiger partial charge in [-0.2, -0.15) is 5.10 Å². The van der Waals surface area contributed by atoms with E-state index in [1.807, 2.05) is 0 Å². The third kappa shape index (κ3) is 3.46. The van der Waals surface area contributed by atoms with E-state index in [9.17, 15) is 12.8 Å². The van der Waals surface area contributed by atoms with Crippen LogP contribution in [0.15, 0.2) is 41.6 Å². The molecule has 1 saturated heterocycles. The highest BCUT2D eigenvalue weighted by Crippen LogP contribution is 2.15. The Morgan fingerprint density at radius 2 is 2.14 bits per heavy atom. The first-order valence-electron chi connectivity index (χ1n) is 6.59. The molecule has 2 aromatic rings. The third-order valence-corrected chi connectivity index (χ3v) is 4.83. The Morgan fingerprint density at radius 1 is 1.36 bits per heavy atom. The highest BCUT2D eigenvalue weighted by Gasteiger charge is 2.24. The van der Waals surface area contributed by atoms with Crippen molar-refractivity contribution in [3.8, 4) is 5.69 Å². The summed E-state index contributed by atoms with van der Waals surface area (Å²) in [6, 6.07) is 5.94. The van der Waals surface area contributed by atoms with Gasteiger partial charge in [0.15, 0.2) is 0 Å². The van der Waals surface area contributed by atoms with E-state index in [4.69, 9.17) is 0 Å². The van der Waals surface area contributed by atoms with Gasteiger partial charge in [-0.15, -0.1) is 12.4 Å². The number of hydrogen-bond donors (Lipinski definition) is 2. The zero-order valence-corrected chi connectivity index (χ0v) is 13.2. The molecule has 0 saturated carbocycles. The lowest BCUT2D eigenvalue weighted by Gasteiger charge is -2.10. The van der Waals surface area contributed by atoms with Crippen molar-refractivity contribution in [2.45, 2.75) is 17.4 Å². The standard InChI is InChI=1S/C13H15FN4O2S.ClH/c14-12-3-1-2-4-13(12)18-9-11(8-16-18)21(19,20)17-10-5-6-15-7-10;/h1-4,8-10,15,17H,5-7H2;1H. The second-order valence-electron chi connectivity index (χ2n) is 4.88. The maximum Gasteiger partial charge on any atom is 0.244 e. The Kier molecular flexibility index (Phi) is 5.17. The van der Waals surface area contributed by atoms with Crippen molar-refractivity contribution in [3.63, 3.8) is 0 Å². The van der Waals surface area contributed by atoms with Crippen molar-refractivity contribution < 1.29 is 12.8 Å². The summed E-state index contributed by atoms with van der Waals surface area (Å²) in [4.78, 5) is 0.0256. The normalized spacial score (nSPS) is 18.1. The van der Waals surface area contributed by atoms with E-state index < -0.39 is 15.8 Å². The maximum absolute atomic E-state index is 13.7. The van der Waals surface area contributed by atoms with Crippen molar-refractivity contribution in [2.24, 2.45) is 0 Å². The molecule has 3 rings (SSSR count). The first kappa shape index (κ1) is 16.9. The largest absolute Gasteiger partial charge is 0.315 e. The molecule has 1 fully saturated rings. The lowest BCUT2D eigenvalue weighted by molar-refractivity contribution is 0.560. The van der Waals surface area contributed by atoms with Gasteiger partial charge >= 0.3 is 0 Å². The van der Waals surface area contributed by atoms with Crippen LogP contribution in [-0.2, 0) is 10.0 Å². The lowest BCUT2D eigenvalue weighted by atomic mass is 10.3. The van der Waals surface area contributed by atoms with E-state index in [2.05, 4.69) is 15.1 Å². The third-order valence-electron chi connectivity index (χ3n) is 3.35. The molecule has 1 unspecified atom stereocenters. The number of sulfonamides is 1. The van der Waals surface area contributed by atoms with Crippen LogP contribution in [0.1, 0.15) is 6.42 Å². The number of nitrogens with one attached hydrogen (secondary N) is 2. The van der Waals surface area contributed by atoms with Gasteiger partial charge in [0.2, 0.25) is 10.0 Å². The molecule has 1 atom stereocenters. The summed E-state index contributed by atoms with van der Waals surface area (Å²) in [7, 11) is -3.64. The van der Waals surface area contributed by atoms with Gasteiger partial charge in [-0.05, 0) is 25.1 Å². The van der Waals surface area contributed by atoms with E-state index in [-0.39, 0.29) is 29.0 Å². The molecule has 1 aromatic heterocycles. The summed E-state index contributed by atoms with van der Waals surface area (Å²) < 4.78 is 42.0. The number of nitrogens with zero attached hydrogens (tertiary/aromatic N) is 2. The van der Waals surface area contributed by atoms with Crippen LogP contribution < -0.4 is 10.0 Å². The molecule has 0 amide bonds. The Hall–Kier alpha value is -1.48. The molecule has 1 aliphatic rings. The second-order valence-corrected chi connectivity index (χ2v) is 6.60. The van der Waals surface area contributed by atoms with E-state index in [1.54, 1.807) is 12.1 Å². The molecule has 1 aromatic carbocycles. The summed E-state index contributed by atoms with van der Waals surface area (Å²) in [5.74, 6) is -0.461. The molecule has 0 bridgehead atoms. The topological polar surface area (TPSA) is 76.0 Å². The van der Waals surface area contributed by atoms with Gasteiger partial charge in [-0.25, -0.2) is 22.2 Å². The smallest absolute Gasteiger partial charge is 0.244 e. The summed E-state index contributed by atoms with van der Waals surface area (Å²) in [6.07, 6.45) is 3.28. The number of benzene rings is 1. The van der Waals surface area contributed by atoms with Crippen molar-refractivity contribution in [1.82, 2.24) is 19.8 Å². The van der Waals surface area contributed by atoms with Crippen LogP contribution in [-0.4, -0.2) is 37.3 Å². The average Bonchev–Trinajstić information content (AvgIpc) is 3.10. The average molecular weight is 347 g/mol. The van der Waals surface area contributed by atoms with Crippen LogP contribution in [0.5, 0.6) is 0 Å². The number of para-hydroxylation sites is 1. The summed E-state index contributed by atoms with van der Waals surface area (Å²) in [6.45, 7) is 1.41. The quantitative estimate of drug-likeness (QED) is 0.868. The summed E-state index contributed by atoms with van der Waals surface area (Å²) >= 11 is 0. The van der Waals surface area contributed by atoms with E-state index in [1.165, 1.54) is 29.2 Å². The zero-order chi connectivity index (χ0) is 14.9. The van der Waals surface area contributed by atoms with Crippen molar-refractivity contribution >= 4 is 22.4 Å². The predicted octanol–water partition coefficient (Wildman–Crippen LogP) is 1.07. The molecule has 120 valence electrons. The first-order chi connectivity index (χ1) is 10.1. The summed E-state index contributed by atoms with van der Waals surface area (Å²) in [5, 5.41) is 7.02. The van der Waals surface area contributed by atoms with Crippen LogP contribution in [0.4, 0.5) is 4.39 Å². The zero-order valence-electron chi connectivity index (χ0n) is 11.6. The Labute approximate surface area is 134 Å². The molecule has 2 heterocycles. The maximum atomic E-state index is 13.7. The fourth-order valence-corrected chi connectivity index (χ4v) is 3.46. The minimum Gasteiger partial charge on any atom is -0.315 e. The number of hydrogen-bond acceptors (Lipinski definition) is 4. The van der Waals surface area contributed by atoms with Gasteiger partial charge in [0.25, 0.3) is 0 Å². The van der Waals surface area contributed by atoms with Crippen LogP contribution >= 0.6 is 12.4 Å². The molecule has 0 aliphatic carbocycles. The molecule has 0 radical (unpaired) electrons. The van der Waals surface area contributed by atoms with Crippen molar-refractivity contribution in [2.75, 3.05) is 13.1 Å².